The molecule has 1 nitrogen and oxygen atoms in total. The Morgan fingerprint density at radius 2 is 2.00 bits per heavy atom. The molecule has 0 atom stereocenters. The molecule has 0 aliphatic carbocycles. The van der Waals surface area contributed by atoms with Crippen LogP contribution in [-0.4, -0.2) is 24.9 Å². The molecule has 0 radical (unpaired) electrons. The summed E-state index contributed by atoms with van der Waals surface area (Å²) >= 11 is 0. The molecular weight excluding hydrogens is 106 g/mol. The van der Waals surface area contributed by atoms with E-state index in [9.17, 15) is 0 Å². The van der Waals surface area contributed by atoms with E-state index in [4.69, 9.17) is 0 Å². The molecule has 46 valence electrons. The molecule has 0 amide bonds. The van der Waals surface area contributed by atoms with E-state index in [2.05, 4.69) is 30.0 Å². The van der Waals surface area contributed by atoms with Crippen LogP contribution in [0.3, 0.4) is 0 Å². The van der Waals surface area contributed by atoms with E-state index in [1.54, 1.807) is 0 Å². The normalized spacial score (nSPS) is 14.1. The Morgan fingerprint density at radius 1 is 1.57 bits per heavy atom. The maximum absolute atomic E-state index is 3.96. The monoisotopic (exact) mass is 121 g/mol. The van der Waals surface area contributed by atoms with E-state index in [0.717, 1.165) is 6.54 Å². The molecule has 0 saturated carbocycles. The lowest BCUT2D eigenvalue weighted by molar-refractivity contribution is 1.03. The predicted octanol–water partition coefficient (Wildman–Crippen LogP) is 0.739. The van der Waals surface area contributed by atoms with Gasteiger partial charge in [-0.3, -0.25) is 4.72 Å². The zero-order chi connectivity index (χ0) is 5.91. The topological polar surface area (TPSA) is 12.0 Å². The van der Waals surface area contributed by atoms with E-state index >= 15 is 0 Å². The van der Waals surface area contributed by atoms with Crippen LogP contribution < -0.4 is 4.72 Å². The minimum Gasteiger partial charge on any atom is -0.288 e. The molecular formula is C5H15NS. The van der Waals surface area contributed by atoms with Crippen molar-refractivity contribution in [1.29, 1.82) is 0 Å². The molecule has 0 spiro atoms. The Balaban J connectivity index is 3.36. The van der Waals surface area contributed by atoms with Crippen molar-refractivity contribution in [2.75, 3.05) is 19.1 Å². The van der Waals surface area contributed by atoms with Crippen LogP contribution in [0.25, 0.3) is 0 Å². The standard InChI is InChI=1S/C5H15NS/c1-5-6-7(2,3)4/h6-7H,2,5H2,1,3-4H3. The van der Waals surface area contributed by atoms with Gasteiger partial charge in [0.05, 0.1) is 0 Å². The lowest BCUT2D eigenvalue weighted by atomic mass is 10.8. The number of hydrogen-bond donors (Lipinski definition) is 2. The molecule has 1 N–H and O–H groups in total. The average molecular weight is 121 g/mol. The molecule has 7 heavy (non-hydrogen) atoms. The van der Waals surface area contributed by atoms with Crippen molar-refractivity contribution < 1.29 is 0 Å². The molecule has 0 saturated heterocycles. The number of hydrogen-bond acceptors (Lipinski definition) is 1. The first-order valence-electron chi connectivity index (χ1n) is 2.49. The van der Waals surface area contributed by atoms with Crippen molar-refractivity contribution in [2.24, 2.45) is 0 Å². The highest BCUT2D eigenvalue weighted by molar-refractivity contribution is 8.28. The van der Waals surface area contributed by atoms with Crippen LogP contribution in [0.15, 0.2) is 0 Å². The maximum Gasteiger partial charge on any atom is 0.000818 e. The van der Waals surface area contributed by atoms with Gasteiger partial charge in [-0.25, -0.2) is 9.80 Å². The van der Waals surface area contributed by atoms with E-state index < -0.39 is 9.80 Å². The highest BCUT2D eigenvalue weighted by Crippen LogP contribution is 2.14. The summed E-state index contributed by atoms with van der Waals surface area (Å²) < 4.78 is 3.28. The lowest BCUT2D eigenvalue weighted by Gasteiger charge is -2.17. The van der Waals surface area contributed by atoms with Crippen molar-refractivity contribution in [3.05, 3.63) is 0 Å². The zero-order valence-electron chi connectivity index (χ0n) is 5.36. The van der Waals surface area contributed by atoms with Gasteiger partial charge in [0, 0.05) is 6.54 Å². The molecule has 0 aliphatic rings. The fraction of sp³-hybridized carbons (Fsp3) is 0.800. The van der Waals surface area contributed by atoms with Crippen LogP contribution >= 0.6 is 9.80 Å². The zero-order valence-corrected chi connectivity index (χ0v) is 6.26. The first-order chi connectivity index (χ1) is 3.06. The van der Waals surface area contributed by atoms with Gasteiger partial charge in [0.15, 0.2) is 0 Å². The Bertz CT molecular complexity index is 82.1. The summed E-state index contributed by atoms with van der Waals surface area (Å²) in [6, 6.07) is 0. The van der Waals surface area contributed by atoms with Gasteiger partial charge < -0.3 is 0 Å². The van der Waals surface area contributed by atoms with Gasteiger partial charge in [-0.05, 0) is 12.5 Å². The second-order valence-electron chi connectivity index (χ2n) is 2.20. The quantitative estimate of drug-likeness (QED) is 0.405. The molecule has 0 bridgehead atoms. The Labute approximate surface area is 47.1 Å². The Hall–Kier alpha value is 0.180. The van der Waals surface area contributed by atoms with E-state index in [1.165, 1.54) is 0 Å². The van der Waals surface area contributed by atoms with E-state index in [0.29, 0.717) is 0 Å². The highest BCUT2D eigenvalue weighted by Gasteiger charge is 1.84. The van der Waals surface area contributed by atoms with Gasteiger partial charge in [-0.1, -0.05) is 12.8 Å². The van der Waals surface area contributed by atoms with Crippen LogP contribution in [0, 0.1) is 0 Å². The molecule has 0 aromatic rings. The van der Waals surface area contributed by atoms with Crippen LogP contribution in [0.1, 0.15) is 6.92 Å². The van der Waals surface area contributed by atoms with Gasteiger partial charge in [0.25, 0.3) is 0 Å². The summed E-state index contributed by atoms with van der Waals surface area (Å²) in [5.41, 5.74) is 0. The van der Waals surface area contributed by atoms with Crippen molar-refractivity contribution in [3.63, 3.8) is 0 Å². The first kappa shape index (κ1) is 7.18. The van der Waals surface area contributed by atoms with Gasteiger partial charge >= 0.3 is 0 Å². The van der Waals surface area contributed by atoms with Crippen molar-refractivity contribution >= 4 is 15.7 Å². The molecule has 2 heteroatoms. The third-order valence-corrected chi connectivity index (χ3v) is 1.76. The second-order valence-corrected chi connectivity index (χ2v) is 5.88. The smallest absolute Gasteiger partial charge is 0.000818 e. The van der Waals surface area contributed by atoms with E-state index in [1.807, 2.05) is 0 Å². The number of rotatable bonds is 2. The van der Waals surface area contributed by atoms with Crippen LogP contribution in [0.2, 0.25) is 0 Å². The van der Waals surface area contributed by atoms with Gasteiger partial charge in [0.1, 0.15) is 0 Å². The first-order valence-corrected chi connectivity index (χ1v) is 5.36. The van der Waals surface area contributed by atoms with E-state index in [-0.39, 0.29) is 0 Å². The van der Waals surface area contributed by atoms with Gasteiger partial charge in [-0.15, -0.1) is 0 Å². The molecule has 0 rings (SSSR count). The molecule has 0 aromatic carbocycles. The third-order valence-electron chi connectivity index (χ3n) is 0.586. The maximum atomic E-state index is 3.96. The summed E-state index contributed by atoms with van der Waals surface area (Å²) in [6.07, 6.45) is 4.33. The largest absolute Gasteiger partial charge is 0.288 e. The third kappa shape index (κ3) is 6.18. The van der Waals surface area contributed by atoms with Crippen molar-refractivity contribution in [1.82, 2.24) is 4.72 Å². The Morgan fingerprint density at radius 3 is 2.00 bits per heavy atom. The summed E-state index contributed by atoms with van der Waals surface area (Å²) in [7, 11) is -0.916. The molecule has 0 aromatic heterocycles. The minimum atomic E-state index is -0.916. The minimum absolute atomic E-state index is 0.916. The summed E-state index contributed by atoms with van der Waals surface area (Å²) in [5, 5.41) is 0. The fourth-order valence-corrected chi connectivity index (χ4v) is 1.28. The second kappa shape index (κ2) is 2.48. The number of thiol groups is 1. The summed E-state index contributed by atoms with van der Waals surface area (Å²) in [6.45, 7) is 3.15. The van der Waals surface area contributed by atoms with Crippen LogP contribution in [0.5, 0.6) is 0 Å². The fourth-order valence-electron chi connectivity index (χ4n) is 0.428. The van der Waals surface area contributed by atoms with Crippen LogP contribution in [0.4, 0.5) is 0 Å². The molecule has 0 heterocycles. The Kier molecular flexibility index (Phi) is 2.54. The summed E-state index contributed by atoms with van der Waals surface area (Å²) in [4.78, 5) is 0. The SMILES string of the molecule is C=[SH](C)(C)NCC. The predicted molar refractivity (Wildman–Crippen MR) is 41.6 cm³/mol. The molecule has 0 fully saturated rings. The average Bonchev–Trinajstić information content (AvgIpc) is 1.30. The summed E-state index contributed by atoms with van der Waals surface area (Å²) in [5.74, 6) is 3.96. The molecule has 0 unspecified atom stereocenters. The van der Waals surface area contributed by atoms with Gasteiger partial charge in [-0.2, -0.15) is 0 Å². The van der Waals surface area contributed by atoms with Crippen molar-refractivity contribution in [2.45, 2.75) is 6.92 Å². The lowest BCUT2D eigenvalue weighted by Crippen LogP contribution is -2.10. The van der Waals surface area contributed by atoms with Crippen molar-refractivity contribution in [3.8, 4) is 0 Å². The van der Waals surface area contributed by atoms with Crippen LogP contribution in [-0.2, 0) is 0 Å². The highest BCUT2D eigenvalue weighted by atomic mass is 32.2. The van der Waals surface area contributed by atoms with Gasteiger partial charge in [0.2, 0.25) is 0 Å². The molecule has 0 aliphatic heterocycles. The number of nitrogens with one attached hydrogen (secondary N) is 1.